The summed E-state index contributed by atoms with van der Waals surface area (Å²) in [6.07, 6.45) is 6.17. The number of unbranched alkanes of at least 4 members (excludes halogenated alkanes) is 3. The van der Waals surface area contributed by atoms with Crippen LogP contribution in [0.2, 0.25) is 0 Å². The molecular formula is C14H29N3O2. The lowest BCUT2D eigenvalue weighted by molar-refractivity contribution is -0.143. The number of rotatable bonds is 10. The Balaban J connectivity index is 3.52. The Morgan fingerprint density at radius 1 is 1.05 bits per heavy atom. The lowest BCUT2D eigenvalue weighted by atomic mass is 10.2. The molecule has 5 heteroatoms. The van der Waals surface area contributed by atoms with Crippen LogP contribution < -0.4 is 10.6 Å². The number of nitrogens with zero attached hydrogens (tertiary/aromatic N) is 1. The Labute approximate surface area is 117 Å². The first-order valence-corrected chi connectivity index (χ1v) is 7.34. The third-order valence-corrected chi connectivity index (χ3v) is 2.70. The van der Waals surface area contributed by atoms with Gasteiger partial charge >= 0.3 is 5.97 Å². The van der Waals surface area contributed by atoms with E-state index in [-0.39, 0.29) is 5.97 Å². The van der Waals surface area contributed by atoms with Crippen LogP contribution in [0.3, 0.4) is 0 Å². The number of guanidine groups is 1. The molecule has 0 aliphatic rings. The number of carbonyl (C=O) groups is 1. The lowest BCUT2D eigenvalue weighted by Crippen LogP contribution is -2.38. The minimum atomic E-state index is -0.133. The highest BCUT2D eigenvalue weighted by Gasteiger charge is 2.01. The van der Waals surface area contributed by atoms with E-state index in [0.29, 0.717) is 13.0 Å². The van der Waals surface area contributed by atoms with Crippen molar-refractivity contribution in [2.45, 2.75) is 52.4 Å². The number of nitrogens with one attached hydrogen (secondary N) is 2. The monoisotopic (exact) mass is 271 g/mol. The second-order valence-electron chi connectivity index (χ2n) is 4.40. The van der Waals surface area contributed by atoms with E-state index >= 15 is 0 Å². The van der Waals surface area contributed by atoms with Crippen LogP contribution in [0.4, 0.5) is 0 Å². The van der Waals surface area contributed by atoms with Crippen LogP contribution >= 0.6 is 0 Å². The molecule has 0 spiro atoms. The van der Waals surface area contributed by atoms with Crippen LogP contribution in [0.1, 0.15) is 52.4 Å². The van der Waals surface area contributed by atoms with Gasteiger partial charge in [0, 0.05) is 26.6 Å². The number of ether oxygens (including phenoxy) is 1. The summed E-state index contributed by atoms with van der Waals surface area (Å²) < 4.78 is 4.87. The molecule has 0 rings (SSSR count). The zero-order valence-corrected chi connectivity index (χ0v) is 12.6. The quantitative estimate of drug-likeness (QED) is 0.276. The molecule has 19 heavy (non-hydrogen) atoms. The number of esters is 1. The molecule has 0 saturated carbocycles. The molecule has 0 fully saturated rings. The van der Waals surface area contributed by atoms with Gasteiger partial charge in [-0.25, -0.2) is 0 Å². The molecular weight excluding hydrogens is 242 g/mol. The highest BCUT2D eigenvalue weighted by atomic mass is 16.5. The van der Waals surface area contributed by atoms with Crippen molar-refractivity contribution in [2.75, 3.05) is 26.7 Å². The van der Waals surface area contributed by atoms with Gasteiger partial charge in [0.05, 0.1) is 6.61 Å². The van der Waals surface area contributed by atoms with E-state index in [1.165, 1.54) is 19.3 Å². The van der Waals surface area contributed by atoms with Gasteiger partial charge in [0.2, 0.25) is 0 Å². The molecule has 112 valence electrons. The zero-order valence-electron chi connectivity index (χ0n) is 12.6. The third kappa shape index (κ3) is 11.6. The predicted molar refractivity (Wildman–Crippen MR) is 79.4 cm³/mol. The fraction of sp³-hybridized carbons (Fsp3) is 0.857. The summed E-state index contributed by atoms with van der Waals surface area (Å²) in [6, 6.07) is 0. The molecule has 2 N–H and O–H groups in total. The van der Waals surface area contributed by atoms with Crippen molar-refractivity contribution in [2.24, 2.45) is 4.99 Å². The number of hydrogen-bond donors (Lipinski definition) is 2. The van der Waals surface area contributed by atoms with E-state index in [1.807, 2.05) is 6.92 Å². The normalized spacial score (nSPS) is 11.2. The van der Waals surface area contributed by atoms with E-state index in [9.17, 15) is 4.79 Å². The summed E-state index contributed by atoms with van der Waals surface area (Å²) in [6.45, 7) is 6.15. The Morgan fingerprint density at radius 3 is 2.32 bits per heavy atom. The Morgan fingerprint density at radius 2 is 1.74 bits per heavy atom. The average molecular weight is 271 g/mol. The van der Waals surface area contributed by atoms with Crippen LogP contribution in [0.25, 0.3) is 0 Å². The van der Waals surface area contributed by atoms with Gasteiger partial charge in [0.15, 0.2) is 5.96 Å². The van der Waals surface area contributed by atoms with Gasteiger partial charge in [-0.15, -0.1) is 0 Å². The van der Waals surface area contributed by atoms with Crippen LogP contribution in [-0.2, 0) is 9.53 Å². The maximum atomic E-state index is 11.1. The highest BCUT2D eigenvalue weighted by molar-refractivity contribution is 5.79. The van der Waals surface area contributed by atoms with Gasteiger partial charge in [0.1, 0.15) is 0 Å². The van der Waals surface area contributed by atoms with E-state index in [4.69, 9.17) is 4.74 Å². The fourth-order valence-corrected chi connectivity index (χ4v) is 1.65. The van der Waals surface area contributed by atoms with Crippen molar-refractivity contribution in [3.05, 3.63) is 0 Å². The largest absolute Gasteiger partial charge is 0.466 e. The van der Waals surface area contributed by atoms with Gasteiger partial charge in [-0.05, 0) is 19.8 Å². The minimum absolute atomic E-state index is 0.133. The van der Waals surface area contributed by atoms with Crippen LogP contribution in [-0.4, -0.2) is 38.7 Å². The van der Waals surface area contributed by atoms with Crippen molar-refractivity contribution < 1.29 is 9.53 Å². The maximum absolute atomic E-state index is 11.1. The van der Waals surface area contributed by atoms with Crippen molar-refractivity contribution in [1.29, 1.82) is 0 Å². The van der Waals surface area contributed by atoms with Gasteiger partial charge in [-0.1, -0.05) is 26.2 Å². The average Bonchev–Trinajstić information content (AvgIpc) is 2.41. The zero-order chi connectivity index (χ0) is 14.3. The summed E-state index contributed by atoms with van der Waals surface area (Å²) in [5.41, 5.74) is 0. The molecule has 5 nitrogen and oxygen atoms in total. The third-order valence-electron chi connectivity index (χ3n) is 2.70. The van der Waals surface area contributed by atoms with E-state index in [1.54, 1.807) is 7.05 Å². The molecule has 0 saturated heterocycles. The molecule has 0 aliphatic heterocycles. The molecule has 0 aliphatic carbocycles. The fourth-order valence-electron chi connectivity index (χ4n) is 1.65. The first kappa shape index (κ1) is 17.7. The summed E-state index contributed by atoms with van der Waals surface area (Å²) in [7, 11) is 1.76. The lowest BCUT2D eigenvalue weighted by Gasteiger charge is -2.11. The molecule has 0 radical (unpaired) electrons. The first-order chi connectivity index (χ1) is 9.24. The summed E-state index contributed by atoms with van der Waals surface area (Å²) in [4.78, 5) is 15.3. The summed E-state index contributed by atoms with van der Waals surface area (Å²) in [5.74, 6) is 0.673. The molecule has 0 aromatic carbocycles. The van der Waals surface area contributed by atoms with Gasteiger partial charge < -0.3 is 15.4 Å². The molecule has 0 bridgehead atoms. The van der Waals surface area contributed by atoms with Crippen molar-refractivity contribution in [1.82, 2.24) is 10.6 Å². The Hall–Kier alpha value is -1.26. The van der Waals surface area contributed by atoms with Crippen LogP contribution in [0.15, 0.2) is 4.99 Å². The second kappa shape index (κ2) is 13.2. The number of aliphatic imine (C=N–C) groups is 1. The van der Waals surface area contributed by atoms with Gasteiger partial charge in [0.25, 0.3) is 0 Å². The molecule has 0 aromatic heterocycles. The van der Waals surface area contributed by atoms with Crippen molar-refractivity contribution in [3.8, 4) is 0 Å². The topological polar surface area (TPSA) is 62.7 Å². The molecule has 0 amide bonds. The number of hydrogen-bond acceptors (Lipinski definition) is 3. The molecule has 0 heterocycles. The van der Waals surface area contributed by atoms with Gasteiger partial charge in [-0.3, -0.25) is 9.79 Å². The Bertz CT molecular complexity index is 255. The van der Waals surface area contributed by atoms with E-state index in [0.717, 1.165) is 31.9 Å². The summed E-state index contributed by atoms with van der Waals surface area (Å²) in [5, 5.41) is 6.45. The summed E-state index contributed by atoms with van der Waals surface area (Å²) >= 11 is 0. The molecule has 0 unspecified atom stereocenters. The van der Waals surface area contributed by atoms with Crippen molar-refractivity contribution in [3.63, 3.8) is 0 Å². The van der Waals surface area contributed by atoms with Crippen LogP contribution in [0.5, 0.6) is 0 Å². The minimum Gasteiger partial charge on any atom is -0.466 e. The smallest absolute Gasteiger partial charge is 0.305 e. The van der Waals surface area contributed by atoms with E-state index < -0.39 is 0 Å². The predicted octanol–water partition coefficient (Wildman–Crippen LogP) is 2.07. The molecule has 0 atom stereocenters. The highest BCUT2D eigenvalue weighted by Crippen LogP contribution is 1.97. The van der Waals surface area contributed by atoms with Gasteiger partial charge in [-0.2, -0.15) is 0 Å². The maximum Gasteiger partial charge on any atom is 0.305 e. The standard InChI is InChI=1S/C14H29N3O2/c1-4-6-7-8-11-16-14(15-3)17-12-9-10-13(18)19-5-2/h4-12H2,1-3H3,(H2,15,16,17). The Kier molecular flexibility index (Phi) is 12.3. The first-order valence-electron chi connectivity index (χ1n) is 7.34. The van der Waals surface area contributed by atoms with Crippen molar-refractivity contribution >= 4 is 11.9 Å². The molecule has 0 aromatic rings. The van der Waals surface area contributed by atoms with Crippen LogP contribution in [0, 0.1) is 0 Å². The number of carbonyl (C=O) groups excluding carboxylic acids is 1. The van der Waals surface area contributed by atoms with E-state index in [2.05, 4.69) is 22.5 Å². The SMILES string of the molecule is CCCCCCNC(=NC)NCCCC(=O)OCC. The second-order valence-corrected chi connectivity index (χ2v) is 4.40.